The Bertz CT molecular complexity index is 260. The van der Waals surface area contributed by atoms with Crippen LogP contribution in [0.2, 0.25) is 0 Å². The molecule has 5 heteroatoms. The Balaban J connectivity index is 2.16. The second-order valence-corrected chi connectivity index (χ2v) is 4.96. The SMILES string of the molecule is CC(C)CNC(=O)C(=O)NCC1CCCCN1. The first-order chi connectivity index (χ1) is 8.09. The van der Waals surface area contributed by atoms with Crippen LogP contribution in [0.1, 0.15) is 33.1 Å². The predicted molar refractivity (Wildman–Crippen MR) is 66.5 cm³/mol. The lowest BCUT2D eigenvalue weighted by Gasteiger charge is -2.23. The lowest BCUT2D eigenvalue weighted by molar-refractivity contribution is -0.139. The molecule has 1 atom stereocenters. The fourth-order valence-electron chi connectivity index (χ4n) is 1.77. The van der Waals surface area contributed by atoms with Gasteiger partial charge in [-0.05, 0) is 25.3 Å². The maximum atomic E-state index is 11.4. The molecule has 1 unspecified atom stereocenters. The number of carbonyl (C=O) groups excluding carboxylic acids is 2. The first kappa shape index (κ1) is 14.0. The van der Waals surface area contributed by atoms with Crippen molar-refractivity contribution in [3.63, 3.8) is 0 Å². The lowest BCUT2D eigenvalue weighted by atomic mass is 10.1. The molecule has 98 valence electrons. The summed E-state index contributed by atoms with van der Waals surface area (Å²) in [6.45, 7) is 6.05. The van der Waals surface area contributed by atoms with E-state index in [1.807, 2.05) is 13.8 Å². The summed E-state index contributed by atoms with van der Waals surface area (Å²) < 4.78 is 0. The summed E-state index contributed by atoms with van der Waals surface area (Å²) in [5, 5.41) is 8.58. The van der Waals surface area contributed by atoms with E-state index in [2.05, 4.69) is 16.0 Å². The van der Waals surface area contributed by atoms with Gasteiger partial charge < -0.3 is 16.0 Å². The Morgan fingerprint density at radius 3 is 2.53 bits per heavy atom. The molecule has 2 amide bonds. The van der Waals surface area contributed by atoms with Crippen LogP contribution in [0.3, 0.4) is 0 Å². The van der Waals surface area contributed by atoms with Crippen LogP contribution in [-0.2, 0) is 9.59 Å². The van der Waals surface area contributed by atoms with E-state index in [1.165, 1.54) is 12.8 Å². The van der Waals surface area contributed by atoms with Crippen molar-refractivity contribution in [3.8, 4) is 0 Å². The van der Waals surface area contributed by atoms with Crippen molar-refractivity contribution >= 4 is 11.8 Å². The third-order valence-corrected chi connectivity index (χ3v) is 2.80. The normalized spacial score (nSPS) is 20.1. The third-order valence-electron chi connectivity index (χ3n) is 2.80. The molecule has 0 aromatic rings. The molecule has 1 rings (SSSR count). The summed E-state index contributed by atoms with van der Waals surface area (Å²) in [5.74, 6) is -0.709. The van der Waals surface area contributed by atoms with E-state index in [9.17, 15) is 9.59 Å². The molecule has 5 nitrogen and oxygen atoms in total. The number of rotatable bonds is 4. The Hall–Kier alpha value is -1.10. The Labute approximate surface area is 103 Å². The van der Waals surface area contributed by atoms with Crippen molar-refractivity contribution in [1.82, 2.24) is 16.0 Å². The van der Waals surface area contributed by atoms with E-state index in [4.69, 9.17) is 0 Å². The van der Waals surface area contributed by atoms with Gasteiger partial charge in [-0.2, -0.15) is 0 Å². The molecular weight excluding hydrogens is 218 g/mol. The molecular formula is C12H23N3O2. The van der Waals surface area contributed by atoms with Gasteiger partial charge in [0.25, 0.3) is 0 Å². The van der Waals surface area contributed by atoms with Crippen LogP contribution in [0.4, 0.5) is 0 Å². The van der Waals surface area contributed by atoms with E-state index in [1.54, 1.807) is 0 Å². The van der Waals surface area contributed by atoms with Gasteiger partial charge in [0.2, 0.25) is 0 Å². The monoisotopic (exact) mass is 241 g/mol. The Morgan fingerprint density at radius 1 is 1.24 bits per heavy atom. The van der Waals surface area contributed by atoms with Crippen LogP contribution in [0.5, 0.6) is 0 Å². The summed E-state index contributed by atoms with van der Waals surface area (Å²) in [7, 11) is 0. The molecule has 17 heavy (non-hydrogen) atoms. The molecule has 0 bridgehead atoms. The van der Waals surface area contributed by atoms with Gasteiger partial charge in [0.15, 0.2) is 0 Å². The van der Waals surface area contributed by atoms with Crippen molar-refractivity contribution < 1.29 is 9.59 Å². The molecule has 0 radical (unpaired) electrons. The van der Waals surface area contributed by atoms with Gasteiger partial charge in [0.1, 0.15) is 0 Å². The second-order valence-electron chi connectivity index (χ2n) is 4.96. The minimum atomic E-state index is -0.533. The van der Waals surface area contributed by atoms with Gasteiger partial charge >= 0.3 is 11.8 Å². The summed E-state index contributed by atoms with van der Waals surface area (Å²) in [5.41, 5.74) is 0. The Morgan fingerprint density at radius 2 is 1.94 bits per heavy atom. The minimum absolute atomic E-state index is 0.311. The number of amides is 2. The highest BCUT2D eigenvalue weighted by Crippen LogP contribution is 2.05. The van der Waals surface area contributed by atoms with Gasteiger partial charge in [-0.3, -0.25) is 9.59 Å². The molecule has 0 saturated carbocycles. The highest BCUT2D eigenvalue weighted by atomic mass is 16.2. The molecule has 1 fully saturated rings. The van der Waals surface area contributed by atoms with Gasteiger partial charge in [-0.25, -0.2) is 0 Å². The highest BCUT2D eigenvalue weighted by molar-refractivity contribution is 6.35. The van der Waals surface area contributed by atoms with Crippen molar-refractivity contribution in [2.24, 2.45) is 5.92 Å². The second kappa shape index (κ2) is 7.27. The van der Waals surface area contributed by atoms with Crippen molar-refractivity contribution in [2.45, 2.75) is 39.2 Å². The molecule has 1 saturated heterocycles. The summed E-state index contributed by atoms with van der Waals surface area (Å²) in [6, 6.07) is 0.311. The van der Waals surface area contributed by atoms with Gasteiger partial charge in [-0.1, -0.05) is 20.3 Å². The average Bonchev–Trinajstić information content (AvgIpc) is 2.34. The minimum Gasteiger partial charge on any atom is -0.348 e. The molecule has 0 spiro atoms. The molecule has 3 N–H and O–H groups in total. The molecule has 0 aromatic carbocycles. The number of piperidine rings is 1. The number of nitrogens with one attached hydrogen (secondary N) is 3. The fraction of sp³-hybridized carbons (Fsp3) is 0.833. The number of carbonyl (C=O) groups is 2. The smallest absolute Gasteiger partial charge is 0.309 e. The van der Waals surface area contributed by atoms with Crippen LogP contribution in [0.15, 0.2) is 0 Å². The van der Waals surface area contributed by atoms with E-state index in [-0.39, 0.29) is 0 Å². The maximum absolute atomic E-state index is 11.4. The van der Waals surface area contributed by atoms with Crippen LogP contribution >= 0.6 is 0 Å². The number of hydrogen-bond donors (Lipinski definition) is 3. The first-order valence-electron chi connectivity index (χ1n) is 6.39. The van der Waals surface area contributed by atoms with Gasteiger partial charge in [0.05, 0.1) is 0 Å². The predicted octanol–water partition coefficient (Wildman–Crippen LogP) is 0.0169. The molecule has 0 aliphatic carbocycles. The van der Waals surface area contributed by atoms with Crippen molar-refractivity contribution in [1.29, 1.82) is 0 Å². The Kier molecular flexibility index (Phi) is 5.97. The van der Waals surface area contributed by atoms with Crippen LogP contribution in [0, 0.1) is 5.92 Å². The topological polar surface area (TPSA) is 70.2 Å². The van der Waals surface area contributed by atoms with E-state index in [0.717, 1.165) is 13.0 Å². The van der Waals surface area contributed by atoms with Gasteiger partial charge in [-0.15, -0.1) is 0 Å². The summed E-state index contributed by atoms with van der Waals surface area (Å²) >= 11 is 0. The van der Waals surface area contributed by atoms with Crippen molar-refractivity contribution in [2.75, 3.05) is 19.6 Å². The van der Waals surface area contributed by atoms with E-state index >= 15 is 0 Å². The maximum Gasteiger partial charge on any atom is 0.309 e. The zero-order valence-corrected chi connectivity index (χ0v) is 10.7. The fourth-order valence-corrected chi connectivity index (χ4v) is 1.77. The zero-order chi connectivity index (χ0) is 12.7. The average molecular weight is 241 g/mol. The summed E-state index contributed by atoms with van der Waals surface area (Å²) in [4.78, 5) is 22.8. The zero-order valence-electron chi connectivity index (χ0n) is 10.7. The molecule has 1 aliphatic rings. The van der Waals surface area contributed by atoms with Crippen LogP contribution in [-0.4, -0.2) is 37.5 Å². The van der Waals surface area contributed by atoms with Gasteiger partial charge in [0, 0.05) is 19.1 Å². The molecule has 1 heterocycles. The lowest BCUT2D eigenvalue weighted by Crippen LogP contribution is -2.47. The number of hydrogen-bond acceptors (Lipinski definition) is 3. The largest absolute Gasteiger partial charge is 0.348 e. The van der Waals surface area contributed by atoms with E-state index in [0.29, 0.717) is 25.0 Å². The van der Waals surface area contributed by atoms with Crippen LogP contribution < -0.4 is 16.0 Å². The van der Waals surface area contributed by atoms with E-state index < -0.39 is 11.8 Å². The van der Waals surface area contributed by atoms with Crippen molar-refractivity contribution in [3.05, 3.63) is 0 Å². The van der Waals surface area contributed by atoms with Crippen LogP contribution in [0.25, 0.3) is 0 Å². The molecule has 0 aromatic heterocycles. The standard InChI is InChI=1S/C12H23N3O2/c1-9(2)7-14-11(16)12(17)15-8-10-5-3-4-6-13-10/h9-10,13H,3-8H2,1-2H3,(H,14,16)(H,15,17). The quantitative estimate of drug-likeness (QED) is 0.608. The first-order valence-corrected chi connectivity index (χ1v) is 6.39. The molecule has 1 aliphatic heterocycles. The summed E-state index contributed by atoms with van der Waals surface area (Å²) in [6.07, 6.45) is 3.44. The third kappa shape index (κ3) is 5.68. The highest BCUT2D eigenvalue weighted by Gasteiger charge is 2.17.